The molecule has 0 aliphatic carbocycles. The predicted octanol–water partition coefficient (Wildman–Crippen LogP) is 3.36. The SMILES string of the molecule is CN(C)c1cccc(CN(C)c2ccc(S(=O)(=O)C(C)(C)C)nc2)c1. The van der Waals surface area contributed by atoms with E-state index >= 15 is 0 Å². The van der Waals surface area contributed by atoms with Crippen LogP contribution in [0.4, 0.5) is 11.4 Å². The summed E-state index contributed by atoms with van der Waals surface area (Å²) >= 11 is 0. The molecule has 0 radical (unpaired) electrons. The largest absolute Gasteiger partial charge is 0.378 e. The van der Waals surface area contributed by atoms with Gasteiger partial charge in [-0.1, -0.05) is 12.1 Å². The van der Waals surface area contributed by atoms with Gasteiger partial charge < -0.3 is 9.80 Å². The van der Waals surface area contributed by atoms with Crippen LogP contribution in [0.2, 0.25) is 0 Å². The minimum absolute atomic E-state index is 0.117. The molecule has 2 rings (SSSR count). The van der Waals surface area contributed by atoms with Crippen molar-refractivity contribution < 1.29 is 8.42 Å². The van der Waals surface area contributed by atoms with Crippen LogP contribution in [0.3, 0.4) is 0 Å². The zero-order chi connectivity index (χ0) is 18.8. The summed E-state index contributed by atoms with van der Waals surface area (Å²) in [5.41, 5.74) is 3.21. The van der Waals surface area contributed by atoms with Crippen molar-refractivity contribution in [3.05, 3.63) is 48.2 Å². The van der Waals surface area contributed by atoms with Gasteiger partial charge in [0.1, 0.15) is 0 Å². The molecule has 2 aromatic rings. The summed E-state index contributed by atoms with van der Waals surface area (Å²) in [6.45, 7) is 5.76. The van der Waals surface area contributed by atoms with Crippen LogP contribution in [-0.4, -0.2) is 39.3 Å². The first-order valence-corrected chi connectivity index (χ1v) is 9.69. The number of benzene rings is 1. The predicted molar refractivity (Wildman–Crippen MR) is 104 cm³/mol. The average molecular weight is 362 g/mol. The van der Waals surface area contributed by atoms with Crippen molar-refractivity contribution in [2.24, 2.45) is 0 Å². The quantitative estimate of drug-likeness (QED) is 0.817. The van der Waals surface area contributed by atoms with E-state index in [4.69, 9.17) is 0 Å². The number of nitrogens with zero attached hydrogens (tertiary/aromatic N) is 3. The molecule has 136 valence electrons. The fourth-order valence-electron chi connectivity index (χ4n) is 2.37. The maximum absolute atomic E-state index is 12.4. The first-order valence-electron chi connectivity index (χ1n) is 8.20. The van der Waals surface area contributed by atoms with E-state index in [2.05, 4.69) is 33.0 Å². The van der Waals surface area contributed by atoms with Crippen LogP contribution in [0, 0.1) is 0 Å². The Morgan fingerprint density at radius 2 is 1.68 bits per heavy atom. The number of hydrogen-bond acceptors (Lipinski definition) is 5. The van der Waals surface area contributed by atoms with Gasteiger partial charge in [-0.2, -0.15) is 0 Å². The molecule has 0 saturated carbocycles. The zero-order valence-electron chi connectivity index (χ0n) is 15.8. The zero-order valence-corrected chi connectivity index (χ0v) is 16.6. The molecule has 0 spiro atoms. The molecule has 0 amide bonds. The highest BCUT2D eigenvalue weighted by molar-refractivity contribution is 7.92. The van der Waals surface area contributed by atoms with Gasteiger partial charge in [0.2, 0.25) is 0 Å². The van der Waals surface area contributed by atoms with E-state index in [-0.39, 0.29) is 5.03 Å². The standard InChI is InChI=1S/C19H27N3O2S/c1-19(2,3)25(23,24)18-11-10-17(13-20-18)22(6)14-15-8-7-9-16(12-15)21(4)5/h7-13H,14H2,1-6H3. The molecule has 0 unspecified atom stereocenters. The number of aromatic nitrogens is 1. The Labute approximate surface area is 151 Å². The Morgan fingerprint density at radius 1 is 1.00 bits per heavy atom. The summed E-state index contributed by atoms with van der Waals surface area (Å²) < 4.78 is 24.0. The Kier molecular flexibility index (Phi) is 5.42. The highest BCUT2D eigenvalue weighted by Gasteiger charge is 2.31. The van der Waals surface area contributed by atoms with Gasteiger partial charge in [0.15, 0.2) is 14.9 Å². The van der Waals surface area contributed by atoms with Crippen LogP contribution in [0.5, 0.6) is 0 Å². The molecule has 0 aliphatic heterocycles. The minimum Gasteiger partial charge on any atom is -0.378 e. The normalized spacial score (nSPS) is 12.1. The summed E-state index contributed by atoms with van der Waals surface area (Å²) in [4.78, 5) is 8.30. The third-order valence-corrected chi connectivity index (χ3v) is 6.49. The molecule has 1 heterocycles. The van der Waals surface area contributed by atoms with Crippen LogP contribution >= 0.6 is 0 Å². The molecule has 0 atom stereocenters. The molecule has 0 fully saturated rings. The molecule has 0 saturated heterocycles. The summed E-state index contributed by atoms with van der Waals surface area (Å²) in [6, 6.07) is 11.7. The first-order chi connectivity index (χ1) is 11.5. The van der Waals surface area contributed by atoms with Gasteiger partial charge in [-0.05, 0) is 50.6 Å². The van der Waals surface area contributed by atoms with Gasteiger partial charge in [0, 0.05) is 33.4 Å². The lowest BCUT2D eigenvalue weighted by Crippen LogP contribution is -2.28. The second-order valence-electron chi connectivity index (χ2n) is 7.39. The van der Waals surface area contributed by atoms with Gasteiger partial charge in [0.05, 0.1) is 16.6 Å². The Balaban J connectivity index is 2.19. The minimum atomic E-state index is -3.43. The molecule has 0 N–H and O–H groups in total. The lowest BCUT2D eigenvalue weighted by atomic mass is 10.2. The topological polar surface area (TPSA) is 53.5 Å². The number of hydrogen-bond donors (Lipinski definition) is 0. The fourth-order valence-corrected chi connectivity index (χ4v) is 3.44. The van der Waals surface area contributed by atoms with Crippen LogP contribution < -0.4 is 9.80 Å². The lowest BCUT2D eigenvalue weighted by Gasteiger charge is -2.22. The molecule has 0 bridgehead atoms. The number of sulfone groups is 1. The average Bonchev–Trinajstić information content (AvgIpc) is 2.54. The van der Waals surface area contributed by atoms with Crippen molar-refractivity contribution in [1.82, 2.24) is 4.98 Å². The molecular formula is C19H27N3O2S. The van der Waals surface area contributed by atoms with E-state index in [0.29, 0.717) is 6.54 Å². The van der Waals surface area contributed by atoms with Crippen molar-refractivity contribution in [2.45, 2.75) is 37.1 Å². The van der Waals surface area contributed by atoms with E-state index in [1.54, 1.807) is 39.1 Å². The summed E-state index contributed by atoms with van der Waals surface area (Å²) in [5.74, 6) is 0. The molecule has 6 heteroatoms. The maximum atomic E-state index is 12.4. The third-order valence-electron chi connectivity index (χ3n) is 4.09. The Bertz CT molecular complexity index is 822. The molecule has 25 heavy (non-hydrogen) atoms. The monoisotopic (exact) mass is 361 g/mol. The van der Waals surface area contributed by atoms with Crippen molar-refractivity contribution in [2.75, 3.05) is 30.9 Å². The van der Waals surface area contributed by atoms with Crippen LogP contribution in [0.25, 0.3) is 0 Å². The van der Waals surface area contributed by atoms with Gasteiger partial charge in [-0.3, -0.25) is 0 Å². The first kappa shape index (κ1) is 19.2. The Morgan fingerprint density at radius 3 is 2.20 bits per heavy atom. The summed E-state index contributed by atoms with van der Waals surface area (Å²) in [7, 11) is 2.57. The second kappa shape index (κ2) is 7.04. The lowest BCUT2D eigenvalue weighted by molar-refractivity contribution is 0.556. The molecular weight excluding hydrogens is 334 g/mol. The molecule has 1 aromatic carbocycles. The van der Waals surface area contributed by atoms with E-state index in [1.807, 2.05) is 27.2 Å². The van der Waals surface area contributed by atoms with E-state index in [9.17, 15) is 8.42 Å². The van der Waals surface area contributed by atoms with Crippen LogP contribution in [0.15, 0.2) is 47.6 Å². The van der Waals surface area contributed by atoms with E-state index < -0.39 is 14.6 Å². The highest BCUT2D eigenvalue weighted by atomic mass is 32.2. The van der Waals surface area contributed by atoms with Gasteiger partial charge in [-0.15, -0.1) is 0 Å². The molecule has 5 nitrogen and oxygen atoms in total. The fraction of sp³-hybridized carbons (Fsp3) is 0.421. The number of rotatable bonds is 5. The molecule has 1 aromatic heterocycles. The number of pyridine rings is 1. The summed E-state index contributed by atoms with van der Waals surface area (Å²) in [5, 5.41) is 0.117. The van der Waals surface area contributed by atoms with E-state index in [1.165, 1.54) is 5.56 Å². The number of anilines is 2. The third kappa shape index (κ3) is 4.31. The van der Waals surface area contributed by atoms with Crippen LogP contribution in [0.1, 0.15) is 26.3 Å². The van der Waals surface area contributed by atoms with Crippen molar-refractivity contribution in [1.29, 1.82) is 0 Å². The van der Waals surface area contributed by atoms with Gasteiger partial charge >= 0.3 is 0 Å². The Hall–Kier alpha value is -2.08. The van der Waals surface area contributed by atoms with Gasteiger partial charge in [-0.25, -0.2) is 13.4 Å². The second-order valence-corrected chi connectivity index (χ2v) is 10.0. The smallest absolute Gasteiger partial charge is 0.200 e. The van der Waals surface area contributed by atoms with Crippen molar-refractivity contribution >= 4 is 21.2 Å². The maximum Gasteiger partial charge on any atom is 0.200 e. The van der Waals surface area contributed by atoms with Crippen molar-refractivity contribution in [3.8, 4) is 0 Å². The molecule has 0 aliphatic rings. The highest BCUT2D eigenvalue weighted by Crippen LogP contribution is 2.25. The van der Waals surface area contributed by atoms with Gasteiger partial charge in [0.25, 0.3) is 0 Å². The van der Waals surface area contributed by atoms with E-state index in [0.717, 1.165) is 11.4 Å². The summed E-state index contributed by atoms with van der Waals surface area (Å²) in [6.07, 6.45) is 1.62. The van der Waals surface area contributed by atoms with Crippen LogP contribution in [-0.2, 0) is 16.4 Å². The van der Waals surface area contributed by atoms with Crippen molar-refractivity contribution in [3.63, 3.8) is 0 Å².